The predicted molar refractivity (Wildman–Crippen MR) is 85.0 cm³/mol. The third kappa shape index (κ3) is 3.52. The fourth-order valence-corrected chi connectivity index (χ4v) is 3.81. The Balaban J connectivity index is 2.97. The SMILES string of the molecule is FC(F)(F)C(F)(c1cc(Br)cc(Br)c1-c1cccnc1Cl)C(F)(F)F. The van der Waals surface area contributed by atoms with Gasteiger partial charge in [-0.25, -0.2) is 9.37 Å². The summed E-state index contributed by atoms with van der Waals surface area (Å²) in [5.41, 5.74) is -8.24. The maximum absolute atomic E-state index is 14.6. The van der Waals surface area contributed by atoms with Gasteiger partial charge in [-0.05, 0) is 24.3 Å². The third-order valence-electron chi connectivity index (χ3n) is 3.24. The van der Waals surface area contributed by atoms with E-state index >= 15 is 0 Å². The van der Waals surface area contributed by atoms with Gasteiger partial charge in [0.15, 0.2) is 0 Å². The lowest BCUT2D eigenvalue weighted by Gasteiger charge is -2.32. The van der Waals surface area contributed by atoms with Gasteiger partial charge in [-0.1, -0.05) is 43.5 Å². The first-order chi connectivity index (χ1) is 11.3. The van der Waals surface area contributed by atoms with Crippen molar-refractivity contribution in [3.63, 3.8) is 0 Å². The van der Waals surface area contributed by atoms with Crippen molar-refractivity contribution in [2.45, 2.75) is 18.0 Å². The molecular formula is C14H5Br2ClF7N. The Hall–Kier alpha value is -0.870. The summed E-state index contributed by atoms with van der Waals surface area (Å²) in [5.74, 6) is 0. The molecule has 136 valence electrons. The molecule has 0 bridgehead atoms. The van der Waals surface area contributed by atoms with Gasteiger partial charge < -0.3 is 0 Å². The van der Waals surface area contributed by atoms with Crippen molar-refractivity contribution in [1.82, 2.24) is 4.98 Å². The van der Waals surface area contributed by atoms with Gasteiger partial charge in [-0.2, -0.15) is 26.3 Å². The smallest absolute Gasteiger partial charge is 0.244 e. The molecule has 2 rings (SSSR count). The summed E-state index contributed by atoms with van der Waals surface area (Å²) >= 11 is 11.5. The molecule has 1 heterocycles. The van der Waals surface area contributed by atoms with Crippen LogP contribution in [0.1, 0.15) is 5.56 Å². The van der Waals surface area contributed by atoms with Crippen molar-refractivity contribution >= 4 is 43.5 Å². The van der Waals surface area contributed by atoms with Gasteiger partial charge in [0.2, 0.25) is 0 Å². The molecule has 11 heteroatoms. The van der Waals surface area contributed by atoms with E-state index in [9.17, 15) is 30.7 Å². The van der Waals surface area contributed by atoms with Crippen molar-refractivity contribution < 1.29 is 30.7 Å². The molecule has 0 N–H and O–H groups in total. The van der Waals surface area contributed by atoms with Crippen LogP contribution in [0.15, 0.2) is 39.4 Å². The average Bonchev–Trinajstić information content (AvgIpc) is 2.44. The Bertz CT molecular complexity index is 791. The second kappa shape index (κ2) is 6.70. The Labute approximate surface area is 158 Å². The molecule has 0 aliphatic heterocycles. The monoisotopic (exact) mass is 513 g/mol. The highest BCUT2D eigenvalue weighted by molar-refractivity contribution is 9.11. The summed E-state index contributed by atoms with van der Waals surface area (Å²) in [6, 6.07) is 3.99. The highest BCUT2D eigenvalue weighted by atomic mass is 79.9. The van der Waals surface area contributed by atoms with E-state index in [1.54, 1.807) is 0 Å². The predicted octanol–water partition coefficient (Wildman–Crippen LogP) is 7.22. The van der Waals surface area contributed by atoms with Crippen LogP contribution in [0.2, 0.25) is 5.15 Å². The normalized spacial score (nSPS) is 13.2. The van der Waals surface area contributed by atoms with Crippen LogP contribution in [0.5, 0.6) is 0 Å². The summed E-state index contributed by atoms with van der Waals surface area (Å²) < 4.78 is 93.2. The molecule has 0 saturated heterocycles. The molecule has 0 atom stereocenters. The molecule has 1 aromatic heterocycles. The van der Waals surface area contributed by atoms with Crippen LogP contribution in [0.25, 0.3) is 11.1 Å². The van der Waals surface area contributed by atoms with Gasteiger partial charge in [0.05, 0.1) is 0 Å². The summed E-state index contributed by atoms with van der Waals surface area (Å²) in [4.78, 5) is 3.61. The van der Waals surface area contributed by atoms with Crippen molar-refractivity contribution in [2.75, 3.05) is 0 Å². The highest BCUT2D eigenvalue weighted by Gasteiger charge is 2.74. The highest BCUT2D eigenvalue weighted by Crippen LogP contribution is 2.57. The van der Waals surface area contributed by atoms with Gasteiger partial charge in [0.1, 0.15) is 5.15 Å². The fourth-order valence-electron chi connectivity index (χ4n) is 2.16. The number of hydrogen-bond donors (Lipinski definition) is 0. The number of benzene rings is 1. The third-order valence-corrected chi connectivity index (χ3v) is 4.62. The Morgan fingerprint density at radius 3 is 1.96 bits per heavy atom. The van der Waals surface area contributed by atoms with E-state index in [0.717, 1.165) is 6.07 Å². The number of alkyl halides is 7. The van der Waals surface area contributed by atoms with Gasteiger partial charge in [0.25, 0.3) is 0 Å². The lowest BCUT2D eigenvalue weighted by Crippen LogP contribution is -2.50. The summed E-state index contributed by atoms with van der Waals surface area (Å²) in [6.45, 7) is 0. The van der Waals surface area contributed by atoms with Crippen molar-refractivity contribution in [3.8, 4) is 11.1 Å². The van der Waals surface area contributed by atoms with E-state index in [-0.39, 0.29) is 19.7 Å². The second-order valence-electron chi connectivity index (χ2n) is 4.81. The Morgan fingerprint density at radius 1 is 0.920 bits per heavy atom. The van der Waals surface area contributed by atoms with E-state index in [4.69, 9.17) is 11.6 Å². The molecular weight excluding hydrogens is 510 g/mol. The molecule has 0 aliphatic rings. The van der Waals surface area contributed by atoms with Crippen molar-refractivity contribution in [3.05, 3.63) is 50.1 Å². The zero-order valence-electron chi connectivity index (χ0n) is 11.6. The van der Waals surface area contributed by atoms with E-state index < -0.39 is 29.1 Å². The van der Waals surface area contributed by atoms with Gasteiger partial charge >= 0.3 is 18.0 Å². The topological polar surface area (TPSA) is 12.9 Å². The molecule has 0 radical (unpaired) electrons. The van der Waals surface area contributed by atoms with Crippen LogP contribution in [-0.2, 0) is 5.67 Å². The quantitative estimate of drug-likeness (QED) is 0.304. The zero-order chi connectivity index (χ0) is 19.2. The molecule has 0 aliphatic carbocycles. The lowest BCUT2D eigenvalue weighted by molar-refractivity contribution is -0.348. The lowest BCUT2D eigenvalue weighted by atomic mass is 9.87. The first kappa shape index (κ1) is 20.4. The minimum Gasteiger partial charge on any atom is -0.244 e. The van der Waals surface area contributed by atoms with E-state index in [2.05, 4.69) is 36.8 Å². The molecule has 1 nitrogen and oxygen atoms in total. The van der Waals surface area contributed by atoms with Crippen LogP contribution in [0.3, 0.4) is 0 Å². The number of aromatic nitrogens is 1. The van der Waals surface area contributed by atoms with Crippen LogP contribution in [0.4, 0.5) is 30.7 Å². The van der Waals surface area contributed by atoms with Crippen molar-refractivity contribution in [1.29, 1.82) is 0 Å². The van der Waals surface area contributed by atoms with Gasteiger partial charge in [-0.15, -0.1) is 0 Å². The van der Waals surface area contributed by atoms with Crippen LogP contribution >= 0.6 is 43.5 Å². The zero-order valence-corrected chi connectivity index (χ0v) is 15.5. The standard InChI is InChI=1S/C14H5Br2ClF7N/c15-6-4-8(12(18,13(19,20)21)14(22,23)24)10(9(16)5-6)7-2-1-3-25-11(7)17/h1-5H. The molecule has 0 unspecified atom stereocenters. The minimum absolute atomic E-state index is 0.186. The maximum atomic E-state index is 14.6. The number of pyridine rings is 1. The van der Waals surface area contributed by atoms with Gasteiger partial charge in [0, 0.05) is 31.8 Å². The number of halogens is 10. The largest absolute Gasteiger partial charge is 0.435 e. The molecule has 1 aromatic carbocycles. The Kier molecular flexibility index (Phi) is 5.48. The Morgan fingerprint density at radius 2 is 1.48 bits per heavy atom. The minimum atomic E-state index is -6.26. The van der Waals surface area contributed by atoms with Crippen LogP contribution in [-0.4, -0.2) is 17.3 Å². The van der Waals surface area contributed by atoms with Crippen LogP contribution in [0, 0.1) is 0 Å². The first-order valence-electron chi connectivity index (χ1n) is 6.23. The van der Waals surface area contributed by atoms with E-state index in [1.165, 1.54) is 18.3 Å². The number of rotatable bonds is 2. The molecule has 0 spiro atoms. The van der Waals surface area contributed by atoms with Crippen molar-refractivity contribution in [2.24, 2.45) is 0 Å². The maximum Gasteiger partial charge on any atom is 0.435 e. The van der Waals surface area contributed by atoms with Gasteiger partial charge in [-0.3, -0.25) is 0 Å². The van der Waals surface area contributed by atoms with Crippen LogP contribution < -0.4 is 0 Å². The molecule has 0 saturated carbocycles. The number of hydrogen-bond acceptors (Lipinski definition) is 1. The molecule has 2 aromatic rings. The first-order valence-corrected chi connectivity index (χ1v) is 8.20. The number of nitrogens with zero attached hydrogens (tertiary/aromatic N) is 1. The van der Waals surface area contributed by atoms with E-state index in [1.807, 2.05) is 0 Å². The average molecular weight is 515 g/mol. The second-order valence-corrected chi connectivity index (χ2v) is 6.93. The fraction of sp³-hybridized carbons (Fsp3) is 0.214. The summed E-state index contributed by atoms with van der Waals surface area (Å²) in [6.07, 6.45) is -11.3. The molecule has 0 amide bonds. The summed E-state index contributed by atoms with van der Waals surface area (Å²) in [5, 5.41) is -0.376. The molecule has 0 fully saturated rings. The molecule has 25 heavy (non-hydrogen) atoms. The van der Waals surface area contributed by atoms with E-state index in [0.29, 0.717) is 6.07 Å². The summed E-state index contributed by atoms with van der Waals surface area (Å²) in [7, 11) is 0.